The highest BCUT2D eigenvalue weighted by atomic mass is 15.1. The zero-order valence-electron chi connectivity index (χ0n) is 35.9. The van der Waals surface area contributed by atoms with Gasteiger partial charge in [-0.3, -0.25) is 0 Å². The molecule has 0 saturated carbocycles. The Labute approximate surface area is 381 Å². The summed E-state index contributed by atoms with van der Waals surface area (Å²) >= 11 is 0. The van der Waals surface area contributed by atoms with Crippen molar-refractivity contribution in [3.8, 4) is 79.5 Å². The number of hydrogen-bond acceptors (Lipinski definition) is 6. The Balaban J connectivity index is 0.944. The number of aryl methyl sites for hydroxylation is 1. The van der Waals surface area contributed by atoms with Crippen LogP contribution in [0.25, 0.3) is 90.5 Å². The van der Waals surface area contributed by atoms with Crippen LogP contribution in [0, 0.1) is 0 Å². The van der Waals surface area contributed by atoms with E-state index in [1.807, 2.05) is 60.7 Å². The summed E-state index contributed by atoms with van der Waals surface area (Å²) in [5.74, 6) is 3.60. The first-order valence-corrected chi connectivity index (χ1v) is 22.3. The fourth-order valence-electron chi connectivity index (χ4n) is 10.2. The third-order valence-corrected chi connectivity index (χ3v) is 13.3. The quantitative estimate of drug-likeness (QED) is 0.159. The summed E-state index contributed by atoms with van der Waals surface area (Å²) in [5, 5.41) is 0. The van der Waals surface area contributed by atoms with Crippen molar-refractivity contribution >= 4 is 11.0 Å². The van der Waals surface area contributed by atoms with E-state index >= 15 is 0 Å². The zero-order valence-corrected chi connectivity index (χ0v) is 35.9. The Morgan fingerprint density at radius 1 is 0.318 bits per heavy atom. The fourth-order valence-corrected chi connectivity index (χ4v) is 10.2. The predicted octanol–water partition coefficient (Wildman–Crippen LogP) is 13.2. The van der Waals surface area contributed by atoms with Crippen molar-refractivity contribution < 1.29 is 0 Å². The van der Waals surface area contributed by atoms with Crippen LogP contribution in [0.1, 0.15) is 45.2 Å². The number of benzene rings is 8. The van der Waals surface area contributed by atoms with E-state index in [2.05, 4.69) is 157 Å². The normalized spacial score (nSPS) is 14.4. The van der Waals surface area contributed by atoms with E-state index in [4.69, 9.17) is 29.9 Å². The highest BCUT2D eigenvalue weighted by Crippen LogP contribution is 2.56. The molecule has 0 spiro atoms. The molecule has 0 saturated heterocycles. The van der Waals surface area contributed by atoms with Crippen LogP contribution in [0.4, 0.5) is 0 Å². The summed E-state index contributed by atoms with van der Waals surface area (Å²) in [6.07, 6.45) is 0. The second kappa shape index (κ2) is 15.2. The number of imidazole rings is 1. The molecule has 7 nitrogen and oxygen atoms in total. The third-order valence-electron chi connectivity index (χ3n) is 13.3. The summed E-state index contributed by atoms with van der Waals surface area (Å²) in [7, 11) is 2.08. The molecule has 2 atom stereocenters. The predicted molar refractivity (Wildman–Crippen MR) is 263 cm³/mol. The van der Waals surface area contributed by atoms with Gasteiger partial charge in [0.1, 0.15) is 5.82 Å². The summed E-state index contributed by atoms with van der Waals surface area (Å²) in [6.45, 7) is 0. The molecular weight excluding hydrogens is 807 g/mol. The monoisotopic (exact) mass is 845 g/mol. The largest absolute Gasteiger partial charge is 0.327 e. The van der Waals surface area contributed by atoms with Crippen molar-refractivity contribution in [2.24, 2.45) is 7.05 Å². The molecule has 14 rings (SSSR count). The molecule has 2 bridgehead atoms. The van der Waals surface area contributed by atoms with E-state index < -0.39 is 0 Å². The average Bonchev–Trinajstić information content (AvgIpc) is 3.74. The fraction of sp³-hybridized carbons (Fsp3) is 0.0508. The Kier molecular flexibility index (Phi) is 8.74. The molecule has 0 fully saturated rings. The van der Waals surface area contributed by atoms with E-state index in [1.165, 1.54) is 33.4 Å². The smallest absolute Gasteiger partial charge is 0.164 e. The van der Waals surface area contributed by atoms with Gasteiger partial charge in [-0.2, -0.15) is 0 Å². The molecule has 3 aliphatic carbocycles. The van der Waals surface area contributed by atoms with Gasteiger partial charge in [0, 0.05) is 57.8 Å². The number of fused-ring (bicyclic) bond motifs is 1. The molecule has 0 N–H and O–H groups in total. The standard InChI is InChI=1S/C59H39N7/c1-66-52-28-16-15-27-49(52)62-59(66)46-26-14-11-23-41(46)51-35-50(60-55(61-51)36-17-5-2-6-18-36)39-29-31-44-47(33-39)53-42-24-12-13-25-43(42)54(44)48-34-40(30-32-45(48)53)58-64-56(37-19-7-3-8-20-37)63-57(65-58)38-21-9-4-10-22-38/h2-35,53-54H,1H3. The molecule has 0 amide bonds. The highest BCUT2D eigenvalue weighted by Gasteiger charge is 2.41. The van der Waals surface area contributed by atoms with E-state index in [-0.39, 0.29) is 11.8 Å². The maximum absolute atomic E-state index is 5.31. The van der Waals surface area contributed by atoms with Gasteiger partial charge in [-0.1, -0.05) is 176 Å². The first-order valence-electron chi connectivity index (χ1n) is 22.3. The zero-order chi connectivity index (χ0) is 43.7. The Hall–Kier alpha value is -8.68. The first-order chi connectivity index (χ1) is 32.6. The van der Waals surface area contributed by atoms with Crippen LogP contribution in [0.3, 0.4) is 0 Å². The molecule has 3 aliphatic rings. The lowest BCUT2D eigenvalue weighted by atomic mass is 9.60. The van der Waals surface area contributed by atoms with Gasteiger partial charge in [-0.15, -0.1) is 0 Å². The van der Waals surface area contributed by atoms with E-state index in [1.54, 1.807) is 0 Å². The van der Waals surface area contributed by atoms with Gasteiger partial charge in [0.05, 0.1) is 22.4 Å². The number of aromatic nitrogens is 7. The van der Waals surface area contributed by atoms with E-state index in [9.17, 15) is 0 Å². The van der Waals surface area contributed by atoms with Crippen LogP contribution in [-0.4, -0.2) is 34.5 Å². The first kappa shape index (κ1) is 37.8. The van der Waals surface area contributed by atoms with Gasteiger partial charge in [0.2, 0.25) is 0 Å². The minimum Gasteiger partial charge on any atom is -0.327 e. The third kappa shape index (κ3) is 6.20. The Morgan fingerprint density at radius 2 is 0.758 bits per heavy atom. The number of hydrogen-bond donors (Lipinski definition) is 0. The summed E-state index contributed by atoms with van der Waals surface area (Å²) in [5.41, 5.74) is 18.5. The van der Waals surface area contributed by atoms with Crippen LogP contribution in [-0.2, 0) is 7.05 Å². The maximum Gasteiger partial charge on any atom is 0.164 e. The van der Waals surface area contributed by atoms with Crippen molar-refractivity contribution in [3.05, 3.63) is 240 Å². The lowest BCUT2D eigenvalue weighted by Crippen LogP contribution is -2.27. The van der Waals surface area contributed by atoms with Gasteiger partial charge in [-0.05, 0) is 63.7 Å². The molecule has 11 aromatic rings. The maximum atomic E-state index is 5.31. The Morgan fingerprint density at radius 3 is 1.35 bits per heavy atom. The van der Waals surface area contributed by atoms with Gasteiger partial charge >= 0.3 is 0 Å². The molecule has 66 heavy (non-hydrogen) atoms. The molecule has 0 aliphatic heterocycles. The summed E-state index contributed by atoms with van der Waals surface area (Å²) < 4.78 is 2.17. The number of rotatable bonds is 7. The molecule has 2 unspecified atom stereocenters. The van der Waals surface area contributed by atoms with Gasteiger partial charge in [-0.25, -0.2) is 29.9 Å². The van der Waals surface area contributed by atoms with E-state index in [0.29, 0.717) is 23.3 Å². The topological polar surface area (TPSA) is 82.3 Å². The van der Waals surface area contributed by atoms with E-state index in [0.717, 1.165) is 67.2 Å². The summed E-state index contributed by atoms with van der Waals surface area (Å²) in [4.78, 5) is 30.8. The minimum absolute atomic E-state index is 0.0373. The molecular formula is C59H39N7. The molecule has 0 radical (unpaired) electrons. The molecule has 8 aromatic carbocycles. The second-order valence-corrected chi connectivity index (χ2v) is 17.1. The number of para-hydroxylation sites is 2. The average molecular weight is 846 g/mol. The minimum atomic E-state index is 0.0373. The van der Waals surface area contributed by atoms with Crippen LogP contribution < -0.4 is 0 Å². The molecule has 7 heteroatoms. The van der Waals surface area contributed by atoms with Crippen LogP contribution >= 0.6 is 0 Å². The molecule has 3 aromatic heterocycles. The van der Waals surface area contributed by atoms with Gasteiger partial charge in [0.25, 0.3) is 0 Å². The lowest BCUT2D eigenvalue weighted by molar-refractivity contribution is 0.754. The van der Waals surface area contributed by atoms with Crippen molar-refractivity contribution in [2.75, 3.05) is 0 Å². The summed E-state index contributed by atoms with van der Waals surface area (Å²) in [6, 6.07) is 72.1. The SMILES string of the molecule is Cn1c(-c2ccccc2-c2cc(-c3ccc4c(c3)C3c5ccccc5C4c4cc(-c5nc(-c6ccccc6)nc(-c6ccccc6)n5)ccc43)nc(-c3ccccc3)n2)nc2ccccc21. The van der Waals surface area contributed by atoms with Crippen molar-refractivity contribution in [1.82, 2.24) is 34.5 Å². The van der Waals surface area contributed by atoms with Gasteiger partial charge in [0.15, 0.2) is 23.3 Å². The van der Waals surface area contributed by atoms with Crippen molar-refractivity contribution in [3.63, 3.8) is 0 Å². The lowest BCUT2D eigenvalue weighted by Gasteiger charge is -2.42. The second-order valence-electron chi connectivity index (χ2n) is 17.1. The number of nitrogens with zero attached hydrogens (tertiary/aromatic N) is 7. The van der Waals surface area contributed by atoms with Crippen LogP contribution in [0.2, 0.25) is 0 Å². The van der Waals surface area contributed by atoms with Crippen molar-refractivity contribution in [2.45, 2.75) is 11.8 Å². The molecule has 310 valence electrons. The van der Waals surface area contributed by atoms with Crippen LogP contribution in [0.5, 0.6) is 0 Å². The van der Waals surface area contributed by atoms with Crippen LogP contribution in [0.15, 0.2) is 206 Å². The molecule has 3 heterocycles. The van der Waals surface area contributed by atoms with Gasteiger partial charge < -0.3 is 4.57 Å². The van der Waals surface area contributed by atoms with Crippen molar-refractivity contribution in [1.29, 1.82) is 0 Å². The Bertz CT molecular complexity index is 3620. The highest BCUT2D eigenvalue weighted by molar-refractivity contribution is 5.87.